The summed E-state index contributed by atoms with van der Waals surface area (Å²) in [5, 5.41) is 0. The van der Waals surface area contributed by atoms with Crippen molar-refractivity contribution in [2.45, 2.75) is 45.8 Å². The maximum Gasteiger partial charge on any atom is 0.422 e. The fraction of sp³-hybridized carbons (Fsp3) is 0.909. The molecule has 0 radical (unpaired) electrons. The minimum atomic E-state index is -4.47. The van der Waals surface area contributed by atoms with Gasteiger partial charge >= 0.3 is 12.3 Å². The van der Waals surface area contributed by atoms with E-state index in [0.29, 0.717) is 6.54 Å². The van der Waals surface area contributed by atoms with Gasteiger partial charge in [0.2, 0.25) is 0 Å². The van der Waals surface area contributed by atoms with E-state index in [1.807, 2.05) is 20.8 Å². The van der Waals surface area contributed by atoms with E-state index in [2.05, 4.69) is 4.74 Å². The van der Waals surface area contributed by atoms with Gasteiger partial charge in [-0.1, -0.05) is 20.8 Å². The molecular formula is C11H18F3NO2. The van der Waals surface area contributed by atoms with Gasteiger partial charge in [0.05, 0.1) is 0 Å². The van der Waals surface area contributed by atoms with Crippen LogP contribution in [0.2, 0.25) is 0 Å². The van der Waals surface area contributed by atoms with Gasteiger partial charge in [-0.05, 0) is 18.3 Å². The topological polar surface area (TPSA) is 29.5 Å². The van der Waals surface area contributed by atoms with E-state index >= 15 is 0 Å². The van der Waals surface area contributed by atoms with Crippen molar-refractivity contribution in [3.8, 4) is 0 Å². The number of nitrogens with zero attached hydrogens (tertiary/aromatic N) is 1. The second kappa shape index (κ2) is 4.74. The lowest BCUT2D eigenvalue weighted by Gasteiger charge is -2.34. The van der Waals surface area contributed by atoms with Crippen LogP contribution in [0.25, 0.3) is 0 Å². The monoisotopic (exact) mass is 253 g/mol. The SMILES string of the molecule is CC(C)(C)C1CCCN1C(=O)OCC(F)(F)F. The molecule has 6 heteroatoms. The highest BCUT2D eigenvalue weighted by Crippen LogP contribution is 2.33. The molecule has 1 saturated heterocycles. The minimum absolute atomic E-state index is 0.0526. The number of rotatable bonds is 1. The molecule has 1 unspecified atom stereocenters. The number of amides is 1. The van der Waals surface area contributed by atoms with Crippen molar-refractivity contribution in [3.63, 3.8) is 0 Å². The van der Waals surface area contributed by atoms with E-state index in [1.54, 1.807) is 0 Å². The van der Waals surface area contributed by atoms with Gasteiger partial charge < -0.3 is 9.64 Å². The number of ether oxygens (including phenoxy) is 1. The summed E-state index contributed by atoms with van der Waals surface area (Å²) >= 11 is 0. The molecule has 1 atom stereocenters. The third kappa shape index (κ3) is 4.09. The molecule has 1 rings (SSSR count). The van der Waals surface area contributed by atoms with Crippen molar-refractivity contribution in [1.29, 1.82) is 0 Å². The molecule has 0 N–H and O–H groups in total. The van der Waals surface area contributed by atoms with E-state index in [0.717, 1.165) is 12.8 Å². The molecule has 1 fully saturated rings. The Labute approximate surface area is 98.9 Å². The van der Waals surface area contributed by atoms with E-state index in [-0.39, 0.29) is 11.5 Å². The van der Waals surface area contributed by atoms with Gasteiger partial charge in [-0.15, -0.1) is 0 Å². The predicted molar refractivity (Wildman–Crippen MR) is 56.6 cm³/mol. The van der Waals surface area contributed by atoms with E-state index in [1.165, 1.54) is 4.90 Å². The minimum Gasteiger partial charge on any atom is -0.440 e. The Morgan fingerprint density at radius 2 is 1.94 bits per heavy atom. The van der Waals surface area contributed by atoms with Gasteiger partial charge in [0.15, 0.2) is 6.61 Å². The van der Waals surface area contributed by atoms with Crippen LogP contribution in [-0.2, 0) is 4.74 Å². The Balaban J connectivity index is 2.57. The number of carbonyl (C=O) groups excluding carboxylic acids is 1. The first kappa shape index (κ1) is 14.1. The number of hydrogen-bond donors (Lipinski definition) is 0. The lowest BCUT2D eigenvalue weighted by Crippen LogP contribution is -2.44. The summed E-state index contributed by atoms with van der Waals surface area (Å²) in [4.78, 5) is 13.0. The summed E-state index contributed by atoms with van der Waals surface area (Å²) in [5.74, 6) is 0. The highest BCUT2D eigenvalue weighted by molar-refractivity contribution is 5.68. The zero-order chi connectivity index (χ0) is 13.3. The van der Waals surface area contributed by atoms with Crippen LogP contribution >= 0.6 is 0 Å². The summed E-state index contributed by atoms with van der Waals surface area (Å²) < 4.78 is 40.1. The van der Waals surface area contributed by atoms with Crippen molar-refractivity contribution < 1.29 is 22.7 Å². The summed E-state index contributed by atoms with van der Waals surface area (Å²) in [6.45, 7) is 4.85. The molecule has 0 bridgehead atoms. The summed E-state index contributed by atoms with van der Waals surface area (Å²) in [5.41, 5.74) is -0.145. The summed E-state index contributed by atoms with van der Waals surface area (Å²) in [6.07, 6.45) is -3.71. The Morgan fingerprint density at radius 1 is 1.35 bits per heavy atom. The molecule has 1 aliphatic heterocycles. The fourth-order valence-electron chi connectivity index (χ4n) is 2.11. The van der Waals surface area contributed by atoms with E-state index < -0.39 is 18.9 Å². The molecule has 0 aromatic heterocycles. The highest BCUT2D eigenvalue weighted by Gasteiger charge is 2.39. The van der Waals surface area contributed by atoms with Crippen LogP contribution in [-0.4, -0.2) is 36.4 Å². The van der Waals surface area contributed by atoms with Crippen LogP contribution in [0.15, 0.2) is 0 Å². The molecular weight excluding hydrogens is 235 g/mol. The largest absolute Gasteiger partial charge is 0.440 e. The van der Waals surface area contributed by atoms with Crippen LogP contribution in [0, 0.1) is 5.41 Å². The van der Waals surface area contributed by atoms with Gasteiger partial charge in [-0.3, -0.25) is 0 Å². The Hall–Kier alpha value is -0.940. The predicted octanol–water partition coefficient (Wildman–Crippen LogP) is 3.20. The summed E-state index contributed by atoms with van der Waals surface area (Å²) in [7, 11) is 0. The molecule has 0 aromatic carbocycles. The maximum atomic E-state index is 11.9. The smallest absolute Gasteiger partial charge is 0.422 e. The first-order valence-electron chi connectivity index (χ1n) is 5.61. The quantitative estimate of drug-likeness (QED) is 0.718. The zero-order valence-corrected chi connectivity index (χ0v) is 10.3. The third-order valence-corrected chi connectivity index (χ3v) is 2.85. The molecule has 0 aliphatic carbocycles. The van der Waals surface area contributed by atoms with Crippen LogP contribution in [0.5, 0.6) is 0 Å². The van der Waals surface area contributed by atoms with Crippen LogP contribution in [0.1, 0.15) is 33.6 Å². The first-order valence-corrected chi connectivity index (χ1v) is 5.61. The lowest BCUT2D eigenvalue weighted by molar-refractivity contribution is -0.162. The second-order valence-corrected chi connectivity index (χ2v) is 5.39. The highest BCUT2D eigenvalue weighted by atomic mass is 19.4. The van der Waals surface area contributed by atoms with Crippen LogP contribution in [0.4, 0.5) is 18.0 Å². The van der Waals surface area contributed by atoms with Crippen molar-refractivity contribution in [2.75, 3.05) is 13.2 Å². The third-order valence-electron chi connectivity index (χ3n) is 2.85. The molecule has 3 nitrogen and oxygen atoms in total. The van der Waals surface area contributed by atoms with Gasteiger partial charge in [-0.25, -0.2) is 4.79 Å². The van der Waals surface area contributed by atoms with Gasteiger partial charge in [0, 0.05) is 12.6 Å². The van der Waals surface area contributed by atoms with Crippen molar-refractivity contribution in [1.82, 2.24) is 4.90 Å². The molecule has 1 heterocycles. The van der Waals surface area contributed by atoms with E-state index in [4.69, 9.17) is 0 Å². The van der Waals surface area contributed by atoms with Gasteiger partial charge in [-0.2, -0.15) is 13.2 Å². The van der Waals surface area contributed by atoms with Crippen molar-refractivity contribution >= 4 is 6.09 Å². The number of likely N-dealkylation sites (tertiary alicyclic amines) is 1. The lowest BCUT2D eigenvalue weighted by atomic mass is 9.85. The normalized spacial score (nSPS) is 21.8. The van der Waals surface area contributed by atoms with E-state index in [9.17, 15) is 18.0 Å². The Bertz CT molecular complexity index is 283. The molecule has 0 spiro atoms. The standard InChI is InChI=1S/C11H18F3NO2/c1-10(2,3)8-5-4-6-15(8)9(16)17-7-11(12,13)14/h8H,4-7H2,1-3H3. The van der Waals surface area contributed by atoms with Crippen LogP contribution in [0.3, 0.4) is 0 Å². The molecule has 17 heavy (non-hydrogen) atoms. The number of halogens is 3. The first-order chi connectivity index (χ1) is 7.61. The fourth-order valence-corrected chi connectivity index (χ4v) is 2.11. The van der Waals surface area contributed by atoms with Gasteiger partial charge in [0.25, 0.3) is 0 Å². The van der Waals surface area contributed by atoms with Crippen LogP contribution < -0.4 is 0 Å². The molecule has 0 aromatic rings. The second-order valence-electron chi connectivity index (χ2n) is 5.39. The average Bonchev–Trinajstić information content (AvgIpc) is 2.60. The summed E-state index contributed by atoms with van der Waals surface area (Å²) in [6, 6.07) is -0.0526. The molecule has 100 valence electrons. The molecule has 0 saturated carbocycles. The molecule has 1 amide bonds. The Morgan fingerprint density at radius 3 is 2.41 bits per heavy atom. The zero-order valence-electron chi connectivity index (χ0n) is 10.3. The Kier molecular flexibility index (Phi) is 3.94. The van der Waals surface area contributed by atoms with Gasteiger partial charge in [0.1, 0.15) is 0 Å². The van der Waals surface area contributed by atoms with Crippen molar-refractivity contribution in [2.24, 2.45) is 5.41 Å². The number of carbonyl (C=O) groups is 1. The number of hydrogen-bond acceptors (Lipinski definition) is 2. The maximum absolute atomic E-state index is 11.9. The average molecular weight is 253 g/mol. The molecule has 1 aliphatic rings. The van der Waals surface area contributed by atoms with Crippen molar-refractivity contribution in [3.05, 3.63) is 0 Å². The number of alkyl halides is 3.